The van der Waals surface area contributed by atoms with E-state index in [9.17, 15) is 19.2 Å². The number of nitrogens with one attached hydrogen (secondary N) is 2. The molecule has 1 aromatic heterocycles. The maximum atomic E-state index is 14.1. The van der Waals surface area contributed by atoms with E-state index in [1.165, 1.54) is 16.2 Å². The minimum Gasteiger partial charge on any atom is -0.497 e. The van der Waals surface area contributed by atoms with E-state index < -0.39 is 11.8 Å². The van der Waals surface area contributed by atoms with Gasteiger partial charge in [0.2, 0.25) is 11.8 Å². The highest BCUT2D eigenvalue weighted by Crippen LogP contribution is 2.68. The fourth-order valence-corrected chi connectivity index (χ4v) is 11.3. The lowest BCUT2D eigenvalue weighted by Crippen LogP contribution is -2.42. The average Bonchev–Trinajstić information content (AvgIpc) is 3.86. The predicted molar refractivity (Wildman–Crippen MR) is 184 cm³/mol. The molecule has 4 aliphatic rings. The standard InChI is InChI=1S/C36H33N3O8S2/c1-44-20-9-5-18(6-10-20)37-26(40)16-47-24-13-4-17(14-25(24)46-3)27-28-22-15-23(31(28)48-33-32(27)49-36(43)38-33)30-29(22)34(41)39(35(30)42)19-7-11-21(45-2)12-8-19/h4-14,22-23,27-31H,15-16H2,1-3H3,(H,37,40)(H,38,43)/t22-,23-,27+,28-,29+,30+,31-/m1/s1. The second-order valence-electron chi connectivity index (χ2n) is 12.6. The minimum absolute atomic E-state index is 0.00235. The molecule has 0 radical (unpaired) electrons. The van der Waals surface area contributed by atoms with E-state index in [0.717, 1.165) is 21.9 Å². The molecule has 2 aliphatic carbocycles. The lowest BCUT2D eigenvalue weighted by Gasteiger charge is -2.43. The fraction of sp³-hybridized carbons (Fsp3) is 0.333. The summed E-state index contributed by atoms with van der Waals surface area (Å²) in [6.45, 7) is -0.232. The van der Waals surface area contributed by atoms with Crippen molar-refractivity contribution >= 4 is 52.2 Å². The van der Waals surface area contributed by atoms with E-state index in [1.54, 1.807) is 87.7 Å². The van der Waals surface area contributed by atoms with E-state index in [1.807, 2.05) is 12.1 Å². The van der Waals surface area contributed by atoms with Crippen molar-refractivity contribution in [3.05, 3.63) is 86.8 Å². The molecule has 2 aliphatic heterocycles. The highest BCUT2D eigenvalue weighted by atomic mass is 32.2. The number of thioether (sulfide) groups is 1. The molecule has 4 aromatic rings. The van der Waals surface area contributed by atoms with Crippen molar-refractivity contribution in [3.8, 4) is 23.0 Å². The number of carbonyl (C=O) groups excluding carboxylic acids is 3. The van der Waals surface area contributed by atoms with Crippen molar-refractivity contribution < 1.29 is 33.3 Å². The Morgan fingerprint density at radius 1 is 0.857 bits per heavy atom. The molecule has 3 fully saturated rings. The average molecular weight is 700 g/mol. The van der Waals surface area contributed by atoms with Crippen LogP contribution in [0.5, 0.6) is 23.0 Å². The first-order chi connectivity index (χ1) is 23.8. The third-order valence-corrected chi connectivity index (χ3v) is 12.9. The van der Waals surface area contributed by atoms with E-state index in [0.29, 0.717) is 34.4 Å². The van der Waals surface area contributed by atoms with Crippen LogP contribution in [-0.4, -0.2) is 55.9 Å². The van der Waals surface area contributed by atoms with Crippen molar-refractivity contribution in [3.63, 3.8) is 0 Å². The number of imide groups is 1. The molecule has 1 saturated heterocycles. The number of aromatic nitrogens is 1. The molecule has 0 spiro atoms. The molecule has 11 nitrogen and oxygen atoms in total. The summed E-state index contributed by atoms with van der Waals surface area (Å²) in [6.07, 6.45) is 0.781. The Labute approximate surface area is 289 Å². The third-order valence-electron chi connectivity index (χ3n) is 10.3. The Morgan fingerprint density at radius 2 is 1.53 bits per heavy atom. The molecule has 49 heavy (non-hydrogen) atoms. The Balaban J connectivity index is 1.07. The molecule has 8 rings (SSSR count). The van der Waals surface area contributed by atoms with Gasteiger partial charge in [-0.3, -0.25) is 24.1 Å². The molecular weight excluding hydrogens is 667 g/mol. The molecule has 2 N–H and O–H groups in total. The summed E-state index contributed by atoms with van der Waals surface area (Å²) < 4.78 is 22.1. The van der Waals surface area contributed by atoms with E-state index in [4.69, 9.17) is 18.9 Å². The number of ether oxygens (including phenoxy) is 4. The van der Waals surface area contributed by atoms with Crippen LogP contribution < -0.4 is 34.0 Å². The normalized spacial score (nSPS) is 26.2. The molecule has 2 bridgehead atoms. The molecular formula is C36H33N3O8S2. The van der Waals surface area contributed by atoms with Gasteiger partial charge in [0.15, 0.2) is 18.1 Å². The van der Waals surface area contributed by atoms with Gasteiger partial charge < -0.3 is 29.2 Å². The largest absolute Gasteiger partial charge is 0.497 e. The number of methoxy groups -OCH3 is 3. The van der Waals surface area contributed by atoms with Crippen LogP contribution in [0.2, 0.25) is 0 Å². The number of rotatable bonds is 9. The highest BCUT2D eigenvalue weighted by Gasteiger charge is 2.69. The summed E-state index contributed by atoms with van der Waals surface area (Å²) in [5.74, 6) is 0.532. The number of thiazole rings is 1. The van der Waals surface area contributed by atoms with Crippen LogP contribution in [0.25, 0.3) is 0 Å². The Hall–Kier alpha value is -4.75. The van der Waals surface area contributed by atoms with Gasteiger partial charge in [0.05, 0.1) is 43.9 Å². The van der Waals surface area contributed by atoms with Crippen LogP contribution in [0.4, 0.5) is 11.4 Å². The van der Waals surface area contributed by atoms with Gasteiger partial charge in [0, 0.05) is 21.7 Å². The fourth-order valence-electron chi connectivity index (χ4n) is 8.39. The van der Waals surface area contributed by atoms with Gasteiger partial charge in [0.1, 0.15) is 11.5 Å². The number of amides is 3. The zero-order valence-corrected chi connectivity index (χ0v) is 28.5. The van der Waals surface area contributed by atoms with Gasteiger partial charge in [-0.05, 0) is 90.4 Å². The first-order valence-electron chi connectivity index (χ1n) is 16.0. The van der Waals surface area contributed by atoms with Gasteiger partial charge in [-0.25, -0.2) is 0 Å². The highest BCUT2D eigenvalue weighted by molar-refractivity contribution is 8.00. The number of benzene rings is 3. The number of carbonyl (C=O) groups is 3. The smallest absolute Gasteiger partial charge is 0.305 e. The van der Waals surface area contributed by atoms with E-state index >= 15 is 0 Å². The summed E-state index contributed by atoms with van der Waals surface area (Å²) >= 11 is 2.83. The zero-order valence-electron chi connectivity index (χ0n) is 26.8. The lowest BCUT2D eigenvalue weighted by molar-refractivity contribution is -0.123. The van der Waals surface area contributed by atoms with Gasteiger partial charge in [0.25, 0.3) is 5.91 Å². The van der Waals surface area contributed by atoms with Crippen molar-refractivity contribution in [2.24, 2.45) is 29.6 Å². The van der Waals surface area contributed by atoms with Crippen molar-refractivity contribution in [2.75, 3.05) is 38.2 Å². The summed E-state index contributed by atoms with van der Waals surface area (Å²) in [5, 5.41) is 3.68. The summed E-state index contributed by atoms with van der Waals surface area (Å²) in [5.41, 5.74) is 2.09. The summed E-state index contributed by atoms with van der Waals surface area (Å²) in [6, 6.07) is 19.7. The van der Waals surface area contributed by atoms with Crippen LogP contribution in [0.1, 0.15) is 22.8 Å². The Morgan fingerprint density at radius 3 is 2.20 bits per heavy atom. The quantitative estimate of drug-likeness (QED) is 0.227. The predicted octanol–water partition coefficient (Wildman–Crippen LogP) is 5.16. The van der Waals surface area contributed by atoms with Gasteiger partial charge >= 0.3 is 4.87 Å². The molecule has 252 valence electrons. The van der Waals surface area contributed by atoms with Crippen LogP contribution in [0.15, 0.2) is 76.6 Å². The minimum atomic E-state index is -0.421. The topological polar surface area (TPSA) is 136 Å². The third kappa shape index (κ3) is 5.18. The number of H-pyrrole nitrogens is 1. The Kier molecular flexibility index (Phi) is 7.91. The van der Waals surface area contributed by atoms with Crippen LogP contribution >= 0.6 is 23.1 Å². The molecule has 13 heteroatoms. The lowest BCUT2D eigenvalue weighted by atomic mass is 9.68. The first-order valence-corrected chi connectivity index (χ1v) is 17.7. The van der Waals surface area contributed by atoms with Crippen LogP contribution in [0.3, 0.4) is 0 Å². The number of anilines is 2. The van der Waals surface area contributed by atoms with E-state index in [2.05, 4.69) is 10.3 Å². The van der Waals surface area contributed by atoms with Crippen molar-refractivity contribution in [1.82, 2.24) is 4.98 Å². The van der Waals surface area contributed by atoms with Gasteiger partial charge in [-0.1, -0.05) is 17.4 Å². The SMILES string of the molecule is COc1ccc(NC(=O)COc2ccc([C@@H]3c4sc(=O)[nH]c4S[C@@H]4[C@@H]5C[C@@H]([C@@H]6C(=O)N(c7ccc(OC)cc7)C(=O)[C@@H]56)[C@H]34)cc2OC)cc1. The first kappa shape index (κ1) is 31.5. The second kappa shape index (κ2) is 12.3. The number of fused-ring (bicyclic) bond motifs is 9. The van der Waals surface area contributed by atoms with E-state index in [-0.39, 0.29) is 58.1 Å². The van der Waals surface area contributed by atoms with Crippen LogP contribution in [-0.2, 0) is 14.4 Å². The molecule has 3 amide bonds. The monoisotopic (exact) mass is 699 g/mol. The number of hydrogen-bond donors (Lipinski definition) is 2. The Bertz CT molecular complexity index is 2010. The summed E-state index contributed by atoms with van der Waals surface area (Å²) in [4.78, 5) is 58.6. The maximum absolute atomic E-state index is 14.1. The number of nitrogens with zero attached hydrogens (tertiary/aromatic N) is 1. The zero-order chi connectivity index (χ0) is 34.0. The van der Waals surface area contributed by atoms with Gasteiger partial charge in [-0.2, -0.15) is 0 Å². The molecule has 3 heterocycles. The summed E-state index contributed by atoms with van der Waals surface area (Å²) in [7, 11) is 4.70. The molecule has 0 unspecified atom stereocenters. The maximum Gasteiger partial charge on any atom is 0.305 e. The number of hydrogen-bond acceptors (Lipinski definition) is 10. The second-order valence-corrected chi connectivity index (χ2v) is 14.8. The van der Waals surface area contributed by atoms with Gasteiger partial charge in [-0.15, -0.1) is 11.8 Å². The van der Waals surface area contributed by atoms with Crippen LogP contribution in [0, 0.1) is 29.6 Å². The molecule has 2 saturated carbocycles. The van der Waals surface area contributed by atoms with Crippen molar-refractivity contribution in [2.45, 2.75) is 22.6 Å². The van der Waals surface area contributed by atoms with Crippen molar-refractivity contribution in [1.29, 1.82) is 0 Å². The molecule has 3 aromatic carbocycles. The molecule has 7 atom stereocenters. The number of aromatic amines is 1.